The highest BCUT2D eigenvalue weighted by atomic mass is 32.2. The summed E-state index contributed by atoms with van der Waals surface area (Å²) in [5.74, 6) is 0.960. The van der Waals surface area contributed by atoms with Crippen LogP contribution in [0.1, 0.15) is 51.0 Å². The van der Waals surface area contributed by atoms with Crippen LogP contribution in [0.5, 0.6) is 0 Å². The predicted molar refractivity (Wildman–Crippen MR) is 128 cm³/mol. The number of rotatable bonds is 6. The van der Waals surface area contributed by atoms with Gasteiger partial charge in [-0.2, -0.15) is 17.0 Å². The Kier molecular flexibility index (Phi) is 6.87. The Balaban J connectivity index is 1.79. The second-order valence-corrected chi connectivity index (χ2v) is 8.95. The monoisotopic (exact) mass is 432 g/mol. The number of benzene rings is 2. The predicted octanol–water partition coefficient (Wildman–Crippen LogP) is 4.38. The molecule has 1 saturated heterocycles. The quantitative estimate of drug-likeness (QED) is 0.663. The minimum absolute atomic E-state index is 0.00448. The fourth-order valence-electron chi connectivity index (χ4n) is 3.83. The number of carbonyl (C=O) groups excluding carboxylic acids is 1. The van der Waals surface area contributed by atoms with Gasteiger partial charge in [-0.15, -0.1) is 0 Å². The molecule has 1 heterocycles. The minimum atomic E-state index is -0.00448. The molecule has 0 radical (unpaired) electrons. The third-order valence-corrected chi connectivity index (χ3v) is 6.51. The summed E-state index contributed by atoms with van der Waals surface area (Å²) in [6, 6.07) is 13.5. The van der Waals surface area contributed by atoms with Crippen LogP contribution >= 0.6 is 11.8 Å². The Morgan fingerprint density at radius 3 is 2.39 bits per heavy atom. The van der Waals surface area contributed by atoms with Crippen molar-refractivity contribution < 1.29 is 4.79 Å². The van der Waals surface area contributed by atoms with E-state index in [9.17, 15) is 4.79 Å². The van der Waals surface area contributed by atoms with Crippen LogP contribution in [-0.2, 0) is 0 Å². The number of thioether (sulfide) groups is 1. The fourth-order valence-corrected chi connectivity index (χ4v) is 4.36. The van der Waals surface area contributed by atoms with Crippen LogP contribution in [0.2, 0.25) is 0 Å². The molecule has 160 valence electrons. The summed E-state index contributed by atoms with van der Waals surface area (Å²) in [6.07, 6.45) is 1.98. The zero-order chi connectivity index (χ0) is 22.7. The molecule has 2 aromatic carbocycles. The first-order valence-electron chi connectivity index (χ1n) is 10.2. The van der Waals surface area contributed by atoms with Crippen molar-refractivity contribution in [2.45, 2.75) is 26.7 Å². The lowest BCUT2D eigenvalue weighted by Crippen LogP contribution is -2.48. The summed E-state index contributed by atoms with van der Waals surface area (Å²) in [4.78, 5) is 15.0. The van der Waals surface area contributed by atoms with Gasteiger partial charge < -0.3 is 10.6 Å². The van der Waals surface area contributed by atoms with Crippen molar-refractivity contribution in [3.05, 3.63) is 81.0 Å². The van der Waals surface area contributed by atoms with Gasteiger partial charge in [-0.1, -0.05) is 18.2 Å². The SMILES string of the molecule is CSCC(N)=C(C)C(=N)c1cc(C(=O)N2CC(c3ccc(C#N)cc3)C2)c(C)cc1C. The second kappa shape index (κ2) is 9.40. The lowest BCUT2D eigenvalue weighted by molar-refractivity contribution is 0.0601. The smallest absolute Gasteiger partial charge is 0.254 e. The first-order valence-corrected chi connectivity index (χ1v) is 11.6. The highest BCUT2D eigenvalue weighted by Crippen LogP contribution is 2.30. The van der Waals surface area contributed by atoms with Crippen molar-refractivity contribution in [3.63, 3.8) is 0 Å². The third-order valence-electron chi connectivity index (χ3n) is 5.91. The van der Waals surface area contributed by atoms with E-state index in [0.717, 1.165) is 27.8 Å². The first-order chi connectivity index (χ1) is 14.8. The van der Waals surface area contributed by atoms with Gasteiger partial charge >= 0.3 is 0 Å². The average molecular weight is 433 g/mol. The molecule has 31 heavy (non-hydrogen) atoms. The number of nitrogens with two attached hydrogens (primary N) is 1. The number of nitrogens with zero attached hydrogens (tertiary/aromatic N) is 2. The number of likely N-dealkylation sites (tertiary alicyclic amines) is 1. The molecule has 1 fully saturated rings. The molecule has 1 aliphatic rings. The van der Waals surface area contributed by atoms with Crippen LogP contribution < -0.4 is 5.73 Å². The molecule has 1 aliphatic heterocycles. The van der Waals surface area contributed by atoms with E-state index < -0.39 is 0 Å². The molecule has 0 unspecified atom stereocenters. The van der Waals surface area contributed by atoms with E-state index in [1.165, 1.54) is 0 Å². The Morgan fingerprint density at radius 1 is 1.19 bits per heavy atom. The van der Waals surface area contributed by atoms with E-state index in [0.29, 0.717) is 41.4 Å². The van der Waals surface area contributed by atoms with Gasteiger partial charge in [0.25, 0.3) is 5.91 Å². The molecule has 2 aromatic rings. The lowest BCUT2D eigenvalue weighted by Gasteiger charge is -2.40. The molecule has 0 saturated carbocycles. The summed E-state index contributed by atoms with van der Waals surface area (Å²) in [5, 5.41) is 17.6. The molecule has 3 rings (SSSR count). The van der Waals surface area contributed by atoms with Crippen LogP contribution in [0.25, 0.3) is 0 Å². The van der Waals surface area contributed by atoms with Crippen LogP contribution in [-0.4, -0.2) is 41.6 Å². The van der Waals surface area contributed by atoms with E-state index >= 15 is 0 Å². The third kappa shape index (κ3) is 4.67. The number of nitrogens with one attached hydrogen (secondary N) is 1. The van der Waals surface area contributed by atoms with Gasteiger partial charge in [0.05, 0.1) is 17.3 Å². The number of allylic oxidation sites excluding steroid dienone is 1. The van der Waals surface area contributed by atoms with Crippen molar-refractivity contribution in [3.8, 4) is 6.07 Å². The highest BCUT2D eigenvalue weighted by Gasteiger charge is 2.33. The standard InChI is InChI=1S/C25H28N4OS/c1-15-9-16(2)22(10-21(15)24(28)17(3)23(27)14-31-4)25(30)29-12-20(13-29)19-7-5-18(11-26)6-8-19/h5-10,20,28H,12-14,27H2,1-4H3. The van der Waals surface area contributed by atoms with Gasteiger partial charge in [0.2, 0.25) is 0 Å². The molecule has 0 bridgehead atoms. The topological polar surface area (TPSA) is 94.0 Å². The lowest BCUT2D eigenvalue weighted by atomic mass is 9.89. The van der Waals surface area contributed by atoms with E-state index in [-0.39, 0.29) is 11.8 Å². The highest BCUT2D eigenvalue weighted by molar-refractivity contribution is 7.98. The van der Waals surface area contributed by atoms with E-state index in [1.807, 2.05) is 68.3 Å². The molecule has 3 N–H and O–H groups in total. The van der Waals surface area contributed by atoms with Crippen molar-refractivity contribution in [1.82, 2.24) is 4.90 Å². The fraction of sp³-hybridized carbons (Fsp3) is 0.320. The van der Waals surface area contributed by atoms with E-state index in [4.69, 9.17) is 16.4 Å². The molecule has 1 amide bonds. The van der Waals surface area contributed by atoms with Crippen LogP contribution in [0.3, 0.4) is 0 Å². The Morgan fingerprint density at radius 2 is 1.81 bits per heavy atom. The molecule has 6 heteroatoms. The number of carbonyl (C=O) groups is 1. The maximum atomic E-state index is 13.2. The minimum Gasteiger partial charge on any atom is -0.401 e. The Labute approximate surface area is 188 Å². The van der Waals surface area contributed by atoms with E-state index in [2.05, 4.69) is 6.07 Å². The summed E-state index contributed by atoms with van der Waals surface area (Å²) in [5.41, 5.74) is 13.0. The summed E-state index contributed by atoms with van der Waals surface area (Å²) in [6.45, 7) is 7.09. The van der Waals surface area contributed by atoms with Gasteiger partial charge in [-0.25, -0.2) is 0 Å². The number of nitriles is 1. The average Bonchev–Trinajstić information content (AvgIpc) is 2.72. The summed E-state index contributed by atoms with van der Waals surface area (Å²) < 4.78 is 0. The largest absolute Gasteiger partial charge is 0.401 e. The van der Waals surface area contributed by atoms with Gasteiger partial charge in [-0.3, -0.25) is 10.2 Å². The molecule has 0 aliphatic carbocycles. The van der Waals surface area contributed by atoms with E-state index in [1.54, 1.807) is 11.8 Å². The first kappa shape index (κ1) is 22.6. The normalized spacial score (nSPS) is 14.5. The number of hydrogen-bond donors (Lipinski definition) is 2. The Bertz CT molecular complexity index is 1090. The molecular formula is C25H28N4OS. The van der Waals surface area contributed by atoms with Crippen LogP contribution in [0.4, 0.5) is 0 Å². The van der Waals surface area contributed by atoms with Gasteiger partial charge in [0, 0.05) is 41.6 Å². The molecule has 5 nitrogen and oxygen atoms in total. The van der Waals surface area contributed by atoms with Crippen molar-refractivity contribution in [2.24, 2.45) is 5.73 Å². The van der Waals surface area contributed by atoms with Crippen LogP contribution in [0, 0.1) is 30.6 Å². The zero-order valence-corrected chi connectivity index (χ0v) is 19.3. The van der Waals surface area contributed by atoms with Gasteiger partial charge in [-0.05, 0) is 67.5 Å². The summed E-state index contributed by atoms with van der Waals surface area (Å²) in [7, 11) is 0. The molecule has 0 aromatic heterocycles. The molecule has 0 atom stereocenters. The second-order valence-electron chi connectivity index (χ2n) is 8.08. The van der Waals surface area contributed by atoms with Crippen molar-refractivity contribution in [1.29, 1.82) is 10.7 Å². The maximum Gasteiger partial charge on any atom is 0.254 e. The number of hydrogen-bond acceptors (Lipinski definition) is 5. The zero-order valence-electron chi connectivity index (χ0n) is 18.5. The maximum absolute atomic E-state index is 13.2. The van der Waals surface area contributed by atoms with Crippen molar-refractivity contribution >= 4 is 23.4 Å². The Hall–Kier alpha value is -3.04. The van der Waals surface area contributed by atoms with Gasteiger partial charge in [0.15, 0.2) is 0 Å². The number of amides is 1. The molecule has 0 spiro atoms. The summed E-state index contributed by atoms with van der Waals surface area (Å²) >= 11 is 1.62. The van der Waals surface area contributed by atoms with Gasteiger partial charge in [0.1, 0.15) is 0 Å². The van der Waals surface area contributed by atoms with Crippen molar-refractivity contribution in [2.75, 3.05) is 25.1 Å². The van der Waals surface area contributed by atoms with Crippen LogP contribution in [0.15, 0.2) is 47.7 Å². The molecular weight excluding hydrogens is 404 g/mol. The number of aryl methyl sites for hydroxylation is 2.